The van der Waals surface area contributed by atoms with Crippen molar-refractivity contribution in [2.24, 2.45) is 5.92 Å². The number of morpholine rings is 1. The second-order valence-corrected chi connectivity index (χ2v) is 8.19. The molecule has 138 valence electrons. The molecule has 2 aromatic rings. The van der Waals surface area contributed by atoms with Gasteiger partial charge in [0.25, 0.3) is 5.91 Å². The summed E-state index contributed by atoms with van der Waals surface area (Å²) in [7, 11) is 0. The zero-order chi connectivity index (χ0) is 17.9. The van der Waals surface area contributed by atoms with E-state index in [-0.39, 0.29) is 5.91 Å². The fourth-order valence-corrected chi connectivity index (χ4v) is 4.96. The van der Waals surface area contributed by atoms with Gasteiger partial charge in [-0.25, -0.2) is 0 Å². The van der Waals surface area contributed by atoms with Gasteiger partial charge in [-0.2, -0.15) is 0 Å². The lowest BCUT2D eigenvalue weighted by Crippen LogP contribution is -2.38. The molecule has 0 radical (unpaired) electrons. The van der Waals surface area contributed by atoms with E-state index < -0.39 is 0 Å². The van der Waals surface area contributed by atoms with Crippen LogP contribution in [0.1, 0.15) is 29.4 Å². The van der Waals surface area contributed by atoms with Gasteiger partial charge in [-0.15, -0.1) is 11.3 Å². The van der Waals surface area contributed by atoms with Gasteiger partial charge in [0.1, 0.15) is 0 Å². The van der Waals surface area contributed by atoms with Crippen molar-refractivity contribution in [3.05, 3.63) is 35.5 Å². The van der Waals surface area contributed by atoms with Gasteiger partial charge in [-0.1, -0.05) is 6.92 Å². The monoisotopic (exact) mass is 371 g/mol. The molecule has 0 unspecified atom stereocenters. The van der Waals surface area contributed by atoms with E-state index in [1.807, 2.05) is 29.4 Å². The molecule has 1 atom stereocenters. The second-order valence-electron chi connectivity index (χ2n) is 7.16. The van der Waals surface area contributed by atoms with Crippen LogP contribution >= 0.6 is 11.3 Å². The second kappa shape index (κ2) is 7.76. The normalized spacial score (nSPS) is 21.0. The molecule has 0 saturated carbocycles. The number of piperidine rings is 1. The minimum atomic E-state index is 0.177. The van der Waals surface area contributed by atoms with Crippen molar-refractivity contribution in [2.45, 2.75) is 19.8 Å². The van der Waals surface area contributed by atoms with Crippen LogP contribution in [0.15, 0.2) is 30.6 Å². The zero-order valence-corrected chi connectivity index (χ0v) is 16.0. The summed E-state index contributed by atoms with van der Waals surface area (Å²) in [5.74, 6) is 0.766. The number of amides is 1. The van der Waals surface area contributed by atoms with E-state index in [1.165, 1.54) is 11.4 Å². The Bertz CT molecular complexity index is 756. The number of anilines is 1. The maximum absolute atomic E-state index is 13.1. The maximum Gasteiger partial charge on any atom is 0.264 e. The van der Waals surface area contributed by atoms with Crippen LogP contribution in [0.5, 0.6) is 0 Å². The third kappa shape index (κ3) is 3.62. The highest BCUT2D eigenvalue weighted by Crippen LogP contribution is 2.40. The van der Waals surface area contributed by atoms with Crippen molar-refractivity contribution in [2.75, 3.05) is 44.3 Å². The summed E-state index contributed by atoms with van der Waals surface area (Å²) in [6, 6.07) is 6.11. The molecule has 26 heavy (non-hydrogen) atoms. The van der Waals surface area contributed by atoms with Gasteiger partial charge in [0.2, 0.25) is 0 Å². The molecule has 0 aromatic carbocycles. The van der Waals surface area contributed by atoms with Crippen LogP contribution in [0.3, 0.4) is 0 Å². The Morgan fingerprint density at radius 2 is 2.00 bits per heavy atom. The van der Waals surface area contributed by atoms with Crippen LogP contribution in [0.2, 0.25) is 0 Å². The molecule has 2 aliphatic rings. The number of carbonyl (C=O) groups excluding carboxylic acids is 1. The lowest BCUT2D eigenvalue weighted by atomic mass is 10.00. The van der Waals surface area contributed by atoms with Crippen LogP contribution in [0.4, 0.5) is 5.00 Å². The van der Waals surface area contributed by atoms with Crippen molar-refractivity contribution < 1.29 is 9.53 Å². The van der Waals surface area contributed by atoms with E-state index in [4.69, 9.17) is 4.74 Å². The number of thiophene rings is 1. The number of pyridine rings is 1. The number of aromatic nitrogens is 1. The van der Waals surface area contributed by atoms with E-state index in [9.17, 15) is 4.79 Å². The highest BCUT2D eigenvalue weighted by Gasteiger charge is 2.26. The fraction of sp³-hybridized carbons (Fsp3) is 0.500. The Balaban J connectivity index is 1.67. The van der Waals surface area contributed by atoms with Crippen LogP contribution in [-0.4, -0.2) is 55.2 Å². The van der Waals surface area contributed by atoms with Crippen molar-refractivity contribution >= 4 is 22.2 Å². The molecule has 0 aliphatic carbocycles. The van der Waals surface area contributed by atoms with Gasteiger partial charge >= 0.3 is 0 Å². The summed E-state index contributed by atoms with van der Waals surface area (Å²) in [4.78, 5) is 22.5. The molecule has 5 nitrogen and oxygen atoms in total. The molecule has 6 heteroatoms. The van der Waals surface area contributed by atoms with Crippen LogP contribution < -0.4 is 4.90 Å². The van der Waals surface area contributed by atoms with Crippen LogP contribution in [0.25, 0.3) is 11.1 Å². The Kier molecular flexibility index (Phi) is 5.22. The van der Waals surface area contributed by atoms with E-state index in [0.717, 1.165) is 61.8 Å². The first kappa shape index (κ1) is 17.5. The molecule has 2 aromatic heterocycles. The largest absolute Gasteiger partial charge is 0.378 e. The summed E-state index contributed by atoms with van der Waals surface area (Å²) in [6.07, 6.45) is 5.94. The van der Waals surface area contributed by atoms with Crippen molar-refractivity contribution in [3.63, 3.8) is 0 Å². The first-order valence-corrected chi connectivity index (χ1v) is 10.2. The van der Waals surface area contributed by atoms with Crippen LogP contribution in [-0.2, 0) is 4.74 Å². The molecular formula is C20H25N3O2S. The third-order valence-corrected chi connectivity index (χ3v) is 6.34. The predicted octanol–water partition coefficient (Wildman–Crippen LogP) is 3.52. The summed E-state index contributed by atoms with van der Waals surface area (Å²) in [5, 5.41) is 1.17. The number of ether oxygens (including phenoxy) is 1. The molecule has 4 heterocycles. The molecule has 4 rings (SSSR count). The predicted molar refractivity (Wildman–Crippen MR) is 105 cm³/mol. The van der Waals surface area contributed by atoms with Crippen molar-refractivity contribution in [1.29, 1.82) is 0 Å². The fourth-order valence-electron chi connectivity index (χ4n) is 3.76. The maximum atomic E-state index is 13.1. The smallest absolute Gasteiger partial charge is 0.264 e. The molecule has 0 N–H and O–H groups in total. The van der Waals surface area contributed by atoms with Crippen molar-refractivity contribution in [1.82, 2.24) is 9.88 Å². The van der Waals surface area contributed by atoms with Gasteiger partial charge in [0.15, 0.2) is 0 Å². The Hall–Kier alpha value is -1.92. The molecule has 1 amide bonds. The first-order chi connectivity index (χ1) is 12.7. The first-order valence-electron chi connectivity index (χ1n) is 9.38. The highest BCUT2D eigenvalue weighted by molar-refractivity contribution is 7.18. The van der Waals surface area contributed by atoms with E-state index >= 15 is 0 Å². The van der Waals surface area contributed by atoms with Gasteiger partial charge in [0, 0.05) is 44.1 Å². The number of likely N-dealkylation sites (tertiary alicyclic amines) is 1. The zero-order valence-electron chi connectivity index (χ0n) is 15.2. The molecule has 2 aliphatic heterocycles. The Labute approximate surface area is 158 Å². The van der Waals surface area contributed by atoms with E-state index in [2.05, 4.69) is 22.9 Å². The summed E-state index contributed by atoms with van der Waals surface area (Å²) in [6.45, 7) is 7.18. The van der Waals surface area contributed by atoms with Gasteiger partial charge in [0.05, 0.1) is 23.1 Å². The molecule has 2 saturated heterocycles. The summed E-state index contributed by atoms with van der Waals surface area (Å²) in [5.41, 5.74) is 2.25. The minimum Gasteiger partial charge on any atom is -0.378 e. The van der Waals surface area contributed by atoms with E-state index in [1.54, 1.807) is 11.3 Å². The molecular weight excluding hydrogens is 346 g/mol. The Morgan fingerprint density at radius 1 is 1.23 bits per heavy atom. The molecule has 2 fully saturated rings. The molecule has 0 bridgehead atoms. The average molecular weight is 372 g/mol. The quantitative estimate of drug-likeness (QED) is 0.828. The summed E-state index contributed by atoms with van der Waals surface area (Å²) >= 11 is 1.62. The summed E-state index contributed by atoms with van der Waals surface area (Å²) < 4.78 is 5.51. The van der Waals surface area contributed by atoms with Gasteiger partial charge in [-0.05, 0) is 42.5 Å². The average Bonchev–Trinajstić information content (AvgIpc) is 3.14. The van der Waals surface area contributed by atoms with Gasteiger partial charge < -0.3 is 14.5 Å². The third-order valence-electron chi connectivity index (χ3n) is 5.16. The SMILES string of the molecule is C[C@H]1CCCN(C(=O)c2cc(-c3ccncc3)c(N3CCOCC3)s2)C1. The molecule has 0 spiro atoms. The number of hydrogen-bond donors (Lipinski definition) is 0. The number of hydrogen-bond acceptors (Lipinski definition) is 5. The number of carbonyl (C=O) groups is 1. The van der Waals surface area contributed by atoms with Crippen molar-refractivity contribution in [3.8, 4) is 11.1 Å². The lowest BCUT2D eigenvalue weighted by molar-refractivity contribution is 0.0688. The van der Waals surface area contributed by atoms with E-state index in [0.29, 0.717) is 5.92 Å². The minimum absolute atomic E-state index is 0.177. The lowest BCUT2D eigenvalue weighted by Gasteiger charge is -2.30. The van der Waals surface area contributed by atoms with Crippen LogP contribution in [0, 0.1) is 5.92 Å². The number of nitrogens with zero attached hydrogens (tertiary/aromatic N) is 3. The highest BCUT2D eigenvalue weighted by atomic mass is 32.1. The Morgan fingerprint density at radius 3 is 2.73 bits per heavy atom. The topological polar surface area (TPSA) is 45.7 Å². The standard InChI is InChI=1S/C20H25N3O2S/c1-15-3-2-8-23(14-15)19(24)18-13-17(16-4-6-21-7-5-16)20(26-18)22-9-11-25-12-10-22/h4-7,13,15H,2-3,8-12,14H2,1H3/t15-/m0/s1. The van der Waals surface area contributed by atoms with Gasteiger partial charge in [-0.3, -0.25) is 9.78 Å². The number of rotatable bonds is 3.